The maximum absolute atomic E-state index is 12.4. The molecule has 0 aliphatic heterocycles. The van der Waals surface area contributed by atoms with Crippen molar-refractivity contribution in [1.82, 2.24) is 5.32 Å². The molecular formula is C14H22BrNOS. The van der Waals surface area contributed by atoms with E-state index >= 15 is 0 Å². The molecule has 3 unspecified atom stereocenters. The first-order valence-corrected chi connectivity index (χ1v) is 8.44. The summed E-state index contributed by atoms with van der Waals surface area (Å²) in [5.74, 6) is 0. The molecule has 0 fully saturated rings. The number of hydrogen-bond acceptors (Lipinski definition) is 2. The second-order valence-electron chi connectivity index (χ2n) is 4.66. The summed E-state index contributed by atoms with van der Waals surface area (Å²) in [4.78, 5) is 0.902. The van der Waals surface area contributed by atoms with Crippen molar-refractivity contribution < 1.29 is 4.21 Å². The van der Waals surface area contributed by atoms with Crippen molar-refractivity contribution in [3.63, 3.8) is 0 Å². The van der Waals surface area contributed by atoms with Crippen molar-refractivity contribution in [1.29, 1.82) is 0 Å². The third kappa shape index (κ3) is 5.21. The molecule has 2 nitrogen and oxygen atoms in total. The van der Waals surface area contributed by atoms with Gasteiger partial charge in [-0.2, -0.15) is 0 Å². The lowest BCUT2D eigenvalue weighted by molar-refractivity contribution is 0.508. The Hall–Kier alpha value is -0.190. The van der Waals surface area contributed by atoms with E-state index in [4.69, 9.17) is 0 Å². The van der Waals surface area contributed by atoms with Gasteiger partial charge in [0.05, 0.1) is 10.8 Å². The summed E-state index contributed by atoms with van der Waals surface area (Å²) in [6.07, 6.45) is 2.06. The van der Waals surface area contributed by atoms with Crippen molar-refractivity contribution in [3.05, 3.63) is 28.7 Å². The van der Waals surface area contributed by atoms with Crippen molar-refractivity contribution in [2.75, 3.05) is 6.54 Å². The molecule has 4 heteroatoms. The first-order chi connectivity index (χ1) is 8.54. The van der Waals surface area contributed by atoms with Crippen LogP contribution in [0.15, 0.2) is 33.6 Å². The number of hydrogen-bond donors (Lipinski definition) is 1. The van der Waals surface area contributed by atoms with Gasteiger partial charge < -0.3 is 5.32 Å². The molecule has 0 saturated carbocycles. The van der Waals surface area contributed by atoms with Gasteiger partial charge in [0.25, 0.3) is 0 Å². The maximum Gasteiger partial charge on any atom is 0.0559 e. The standard InChI is InChI=1S/C14H22BrNOS/c1-4-8-16-11(2)9-12(3)18(17)14-7-5-6-13(15)10-14/h5-7,10-12,16H,4,8-9H2,1-3H3. The molecule has 0 aliphatic carbocycles. The van der Waals surface area contributed by atoms with Crippen LogP contribution in [0.4, 0.5) is 0 Å². The molecule has 0 aromatic heterocycles. The molecule has 0 spiro atoms. The Bertz CT molecular complexity index is 397. The van der Waals surface area contributed by atoms with Crippen LogP contribution in [0.1, 0.15) is 33.6 Å². The molecule has 0 amide bonds. The Balaban J connectivity index is 2.56. The van der Waals surface area contributed by atoms with Crippen molar-refractivity contribution in [2.24, 2.45) is 0 Å². The predicted octanol–water partition coefficient (Wildman–Crippen LogP) is 3.72. The number of benzene rings is 1. The normalized spacial score (nSPS) is 16.2. The first-order valence-electron chi connectivity index (χ1n) is 6.44. The largest absolute Gasteiger partial charge is 0.314 e. The van der Waals surface area contributed by atoms with Crippen LogP contribution in [0.2, 0.25) is 0 Å². The quantitative estimate of drug-likeness (QED) is 0.824. The summed E-state index contributed by atoms with van der Waals surface area (Å²) in [5.41, 5.74) is 0. The Morgan fingerprint density at radius 3 is 2.72 bits per heavy atom. The average molecular weight is 332 g/mol. The summed E-state index contributed by atoms with van der Waals surface area (Å²) < 4.78 is 13.4. The monoisotopic (exact) mass is 331 g/mol. The van der Waals surface area contributed by atoms with Gasteiger partial charge in [-0.1, -0.05) is 35.8 Å². The zero-order valence-electron chi connectivity index (χ0n) is 11.3. The highest BCUT2D eigenvalue weighted by Gasteiger charge is 2.16. The van der Waals surface area contributed by atoms with Crippen LogP contribution in [-0.2, 0) is 10.8 Å². The molecule has 0 heterocycles. The first kappa shape index (κ1) is 15.9. The van der Waals surface area contributed by atoms with E-state index < -0.39 is 10.8 Å². The molecule has 0 saturated heterocycles. The lowest BCUT2D eigenvalue weighted by Crippen LogP contribution is -2.31. The zero-order chi connectivity index (χ0) is 13.5. The van der Waals surface area contributed by atoms with Gasteiger partial charge in [-0.15, -0.1) is 0 Å². The Kier molecular flexibility index (Phi) is 7.12. The topological polar surface area (TPSA) is 29.1 Å². The molecular weight excluding hydrogens is 310 g/mol. The van der Waals surface area contributed by atoms with Crippen LogP contribution in [-0.4, -0.2) is 22.0 Å². The van der Waals surface area contributed by atoms with Crippen LogP contribution < -0.4 is 5.32 Å². The second kappa shape index (κ2) is 8.08. The van der Waals surface area contributed by atoms with Crippen LogP contribution in [0, 0.1) is 0 Å². The minimum atomic E-state index is -0.935. The fourth-order valence-corrected chi connectivity index (χ4v) is 3.82. The van der Waals surface area contributed by atoms with E-state index in [1.165, 1.54) is 0 Å². The molecule has 1 aromatic carbocycles. The summed E-state index contributed by atoms with van der Waals surface area (Å²) in [7, 11) is -0.935. The van der Waals surface area contributed by atoms with E-state index in [0.717, 1.165) is 28.8 Å². The van der Waals surface area contributed by atoms with Crippen LogP contribution in [0.25, 0.3) is 0 Å². The Morgan fingerprint density at radius 1 is 1.39 bits per heavy atom. The fraction of sp³-hybridized carbons (Fsp3) is 0.571. The van der Waals surface area contributed by atoms with Gasteiger partial charge in [-0.05, 0) is 44.5 Å². The average Bonchev–Trinajstić information content (AvgIpc) is 2.35. The maximum atomic E-state index is 12.4. The molecule has 3 atom stereocenters. The number of halogens is 1. The summed E-state index contributed by atoms with van der Waals surface area (Å²) in [6.45, 7) is 7.39. The van der Waals surface area contributed by atoms with E-state index in [2.05, 4.69) is 42.0 Å². The molecule has 18 heavy (non-hydrogen) atoms. The molecule has 0 bridgehead atoms. The smallest absolute Gasteiger partial charge is 0.0559 e. The minimum Gasteiger partial charge on any atom is -0.314 e. The summed E-state index contributed by atoms with van der Waals surface area (Å²) in [6, 6.07) is 8.17. The van der Waals surface area contributed by atoms with E-state index in [0.29, 0.717) is 6.04 Å². The van der Waals surface area contributed by atoms with Crippen molar-refractivity contribution in [2.45, 2.75) is 49.8 Å². The van der Waals surface area contributed by atoms with Gasteiger partial charge in [0.2, 0.25) is 0 Å². The zero-order valence-corrected chi connectivity index (χ0v) is 13.7. The van der Waals surface area contributed by atoms with Gasteiger partial charge in [0.1, 0.15) is 0 Å². The van der Waals surface area contributed by atoms with Gasteiger partial charge >= 0.3 is 0 Å². The Labute approximate surface area is 121 Å². The molecule has 102 valence electrons. The molecule has 0 aliphatic rings. The van der Waals surface area contributed by atoms with Gasteiger partial charge in [0.15, 0.2) is 0 Å². The van der Waals surface area contributed by atoms with Crippen LogP contribution in [0.3, 0.4) is 0 Å². The summed E-state index contributed by atoms with van der Waals surface area (Å²) in [5, 5.41) is 3.60. The SMILES string of the molecule is CCCNC(C)CC(C)S(=O)c1cccc(Br)c1. The van der Waals surface area contributed by atoms with Crippen molar-refractivity contribution >= 4 is 26.7 Å². The van der Waals surface area contributed by atoms with E-state index in [1.54, 1.807) is 0 Å². The predicted molar refractivity (Wildman–Crippen MR) is 82.4 cm³/mol. The molecule has 0 radical (unpaired) electrons. The third-order valence-corrected chi connectivity index (χ3v) is 4.96. The molecule has 1 rings (SSSR count). The highest BCUT2D eigenvalue weighted by molar-refractivity contribution is 9.10. The second-order valence-corrected chi connectivity index (χ2v) is 7.44. The lowest BCUT2D eigenvalue weighted by Gasteiger charge is -2.18. The molecule has 1 N–H and O–H groups in total. The highest BCUT2D eigenvalue weighted by Crippen LogP contribution is 2.19. The highest BCUT2D eigenvalue weighted by atomic mass is 79.9. The number of rotatable bonds is 7. The number of nitrogens with one attached hydrogen (secondary N) is 1. The van der Waals surface area contributed by atoms with Gasteiger partial charge in [-0.25, -0.2) is 0 Å². The van der Waals surface area contributed by atoms with E-state index in [-0.39, 0.29) is 5.25 Å². The minimum absolute atomic E-state index is 0.165. The Morgan fingerprint density at radius 2 is 2.11 bits per heavy atom. The van der Waals surface area contributed by atoms with E-state index in [9.17, 15) is 4.21 Å². The van der Waals surface area contributed by atoms with Gasteiger partial charge in [-0.3, -0.25) is 4.21 Å². The third-order valence-electron chi connectivity index (χ3n) is 2.82. The van der Waals surface area contributed by atoms with Gasteiger partial charge in [0, 0.05) is 20.7 Å². The van der Waals surface area contributed by atoms with E-state index in [1.807, 2.05) is 24.3 Å². The summed E-state index contributed by atoms with van der Waals surface area (Å²) >= 11 is 3.42. The van der Waals surface area contributed by atoms with Crippen LogP contribution in [0.5, 0.6) is 0 Å². The van der Waals surface area contributed by atoms with Crippen LogP contribution >= 0.6 is 15.9 Å². The van der Waals surface area contributed by atoms with Crippen molar-refractivity contribution in [3.8, 4) is 0 Å². The fourth-order valence-electron chi connectivity index (χ4n) is 1.88. The lowest BCUT2D eigenvalue weighted by atomic mass is 10.2. The molecule has 1 aromatic rings.